The van der Waals surface area contributed by atoms with Crippen LogP contribution < -0.4 is 9.47 Å². The van der Waals surface area contributed by atoms with E-state index in [1.165, 1.54) is 7.11 Å². The van der Waals surface area contributed by atoms with Crippen LogP contribution in [0.1, 0.15) is 52.4 Å². The van der Waals surface area contributed by atoms with Gasteiger partial charge in [-0.05, 0) is 31.9 Å². The molecule has 5 heteroatoms. The van der Waals surface area contributed by atoms with Gasteiger partial charge in [-0.25, -0.2) is 0 Å². The molecule has 0 aliphatic carbocycles. The molecule has 0 radical (unpaired) electrons. The lowest BCUT2D eigenvalue weighted by Crippen LogP contribution is -2.17. The van der Waals surface area contributed by atoms with Crippen molar-refractivity contribution in [2.75, 3.05) is 7.11 Å². The van der Waals surface area contributed by atoms with Crippen molar-refractivity contribution < 1.29 is 23.8 Å². The third-order valence-electron chi connectivity index (χ3n) is 3.37. The van der Waals surface area contributed by atoms with Gasteiger partial charge in [0.2, 0.25) is 0 Å². The van der Waals surface area contributed by atoms with Crippen molar-refractivity contribution in [2.45, 2.75) is 58.5 Å². The van der Waals surface area contributed by atoms with Gasteiger partial charge in [-0.1, -0.05) is 31.9 Å². The number of hydrogen-bond donors (Lipinski definition) is 0. The molecule has 0 fully saturated rings. The van der Waals surface area contributed by atoms with Crippen LogP contribution in [0.25, 0.3) is 0 Å². The van der Waals surface area contributed by atoms with Crippen molar-refractivity contribution in [1.29, 1.82) is 0 Å². The minimum absolute atomic E-state index is 0.0153. The third-order valence-corrected chi connectivity index (χ3v) is 3.37. The highest BCUT2D eigenvalue weighted by Crippen LogP contribution is 2.26. The SMILES string of the molecule is CCCCCC(C)OC(=O)CCC(=O)Oc1ccccc1OC. The van der Waals surface area contributed by atoms with E-state index in [2.05, 4.69) is 6.92 Å². The van der Waals surface area contributed by atoms with Crippen LogP contribution in [0.15, 0.2) is 24.3 Å². The summed E-state index contributed by atoms with van der Waals surface area (Å²) >= 11 is 0. The van der Waals surface area contributed by atoms with Gasteiger partial charge in [0.05, 0.1) is 26.1 Å². The van der Waals surface area contributed by atoms with E-state index in [9.17, 15) is 9.59 Å². The van der Waals surface area contributed by atoms with E-state index in [0.717, 1.165) is 25.7 Å². The Bertz CT molecular complexity index is 498. The molecule has 1 atom stereocenters. The smallest absolute Gasteiger partial charge is 0.311 e. The van der Waals surface area contributed by atoms with E-state index < -0.39 is 5.97 Å². The zero-order chi connectivity index (χ0) is 17.1. The third kappa shape index (κ3) is 7.68. The Labute approximate surface area is 137 Å². The number of benzene rings is 1. The number of rotatable bonds is 10. The van der Waals surface area contributed by atoms with Gasteiger partial charge in [-0.3, -0.25) is 9.59 Å². The fourth-order valence-corrected chi connectivity index (χ4v) is 2.10. The number of hydrogen-bond acceptors (Lipinski definition) is 5. The topological polar surface area (TPSA) is 61.8 Å². The molecule has 0 saturated heterocycles. The van der Waals surface area contributed by atoms with Crippen molar-refractivity contribution in [3.05, 3.63) is 24.3 Å². The van der Waals surface area contributed by atoms with Gasteiger partial charge in [-0.15, -0.1) is 0 Å². The second-order valence-electron chi connectivity index (χ2n) is 5.42. The van der Waals surface area contributed by atoms with Crippen molar-refractivity contribution in [3.63, 3.8) is 0 Å². The molecule has 0 aliphatic rings. The summed E-state index contributed by atoms with van der Waals surface area (Å²) < 4.78 is 15.6. The fourth-order valence-electron chi connectivity index (χ4n) is 2.10. The number of unbranched alkanes of at least 4 members (excludes halogenated alkanes) is 2. The molecular formula is C18H26O5. The highest BCUT2D eigenvalue weighted by Gasteiger charge is 2.14. The van der Waals surface area contributed by atoms with Gasteiger partial charge in [0.15, 0.2) is 11.5 Å². The summed E-state index contributed by atoms with van der Waals surface area (Å²) in [6, 6.07) is 6.88. The molecule has 1 aromatic carbocycles. The molecule has 1 rings (SSSR count). The zero-order valence-electron chi connectivity index (χ0n) is 14.2. The second kappa shape index (κ2) is 10.6. The van der Waals surface area contributed by atoms with Gasteiger partial charge in [0, 0.05) is 0 Å². The van der Waals surface area contributed by atoms with Gasteiger partial charge in [0.25, 0.3) is 0 Å². The molecule has 0 spiro atoms. The fraction of sp³-hybridized carbons (Fsp3) is 0.556. The first kappa shape index (κ1) is 19.0. The van der Waals surface area contributed by atoms with Crippen LogP contribution in [0.4, 0.5) is 0 Å². The summed E-state index contributed by atoms with van der Waals surface area (Å²) in [4.78, 5) is 23.5. The van der Waals surface area contributed by atoms with Crippen LogP contribution in [-0.4, -0.2) is 25.2 Å². The lowest BCUT2D eigenvalue weighted by atomic mass is 10.1. The maximum atomic E-state index is 11.8. The summed E-state index contributed by atoms with van der Waals surface area (Å²) in [7, 11) is 1.50. The molecule has 0 bridgehead atoms. The van der Waals surface area contributed by atoms with Crippen molar-refractivity contribution in [2.24, 2.45) is 0 Å². The number of para-hydroxylation sites is 2. The van der Waals surface area contributed by atoms with E-state index in [1.54, 1.807) is 24.3 Å². The van der Waals surface area contributed by atoms with E-state index in [4.69, 9.17) is 14.2 Å². The monoisotopic (exact) mass is 322 g/mol. The average Bonchev–Trinajstić information content (AvgIpc) is 2.53. The summed E-state index contributed by atoms with van der Waals surface area (Å²) in [5.74, 6) is -0.0228. The van der Waals surface area contributed by atoms with Gasteiger partial charge in [-0.2, -0.15) is 0 Å². The molecule has 0 amide bonds. The van der Waals surface area contributed by atoms with Crippen LogP contribution >= 0.6 is 0 Å². The molecular weight excluding hydrogens is 296 g/mol. The minimum Gasteiger partial charge on any atom is -0.493 e. The molecule has 0 aliphatic heterocycles. The van der Waals surface area contributed by atoms with Gasteiger partial charge in [0.1, 0.15) is 0 Å². The first-order valence-electron chi connectivity index (χ1n) is 8.10. The van der Waals surface area contributed by atoms with E-state index >= 15 is 0 Å². The van der Waals surface area contributed by atoms with Crippen LogP contribution in [-0.2, 0) is 14.3 Å². The number of ether oxygens (including phenoxy) is 3. The molecule has 0 N–H and O–H groups in total. The van der Waals surface area contributed by atoms with Crippen LogP contribution in [0.3, 0.4) is 0 Å². The van der Waals surface area contributed by atoms with Crippen molar-refractivity contribution in [3.8, 4) is 11.5 Å². The number of carbonyl (C=O) groups excluding carboxylic acids is 2. The molecule has 1 unspecified atom stereocenters. The van der Waals surface area contributed by atoms with Crippen LogP contribution in [0.5, 0.6) is 11.5 Å². The molecule has 23 heavy (non-hydrogen) atoms. The van der Waals surface area contributed by atoms with Crippen molar-refractivity contribution >= 4 is 11.9 Å². The van der Waals surface area contributed by atoms with Gasteiger partial charge < -0.3 is 14.2 Å². The summed E-state index contributed by atoms with van der Waals surface area (Å²) in [6.07, 6.45) is 4.05. The minimum atomic E-state index is -0.481. The predicted octanol–water partition coefficient (Wildman–Crippen LogP) is 3.89. The lowest BCUT2D eigenvalue weighted by Gasteiger charge is -2.13. The van der Waals surface area contributed by atoms with Crippen LogP contribution in [0, 0.1) is 0 Å². The molecule has 0 saturated carbocycles. The zero-order valence-corrected chi connectivity index (χ0v) is 14.2. The quantitative estimate of drug-likeness (QED) is 0.371. The average molecular weight is 322 g/mol. The Morgan fingerprint density at radius 3 is 2.35 bits per heavy atom. The number of carbonyl (C=O) groups is 2. The van der Waals surface area contributed by atoms with E-state index in [-0.39, 0.29) is 24.9 Å². The summed E-state index contributed by atoms with van der Waals surface area (Å²) in [6.45, 7) is 4.00. The Hall–Kier alpha value is -2.04. The highest BCUT2D eigenvalue weighted by molar-refractivity contribution is 5.79. The first-order valence-corrected chi connectivity index (χ1v) is 8.10. The maximum Gasteiger partial charge on any atom is 0.311 e. The summed E-state index contributed by atoms with van der Waals surface area (Å²) in [5.41, 5.74) is 0. The molecule has 0 aromatic heterocycles. The molecule has 128 valence electrons. The maximum absolute atomic E-state index is 11.8. The Balaban J connectivity index is 2.31. The van der Waals surface area contributed by atoms with E-state index in [1.807, 2.05) is 6.92 Å². The molecule has 5 nitrogen and oxygen atoms in total. The Morgan fingerprint density at radius 2 is 1.70 bits per heavy atom. The standard InChI is InChI=1S/C18H26O5/c1-4-5-6-9-14(2)22-17(19)12-13-18(20)23-16-11-8-7-10-15(16)21-3/h7-8,10-11,14H,4-6,9,12-13H2,1-3H3. The highest BCUT2D eigenvalue weighted by atomic mass is 16.6. The lowest BCUT2D eigenvalue weighted by molar-refractivity contribution is -0.151. The number of esters is 2. The van der Waals surface area contributed by atoms with E-state index in [0.29, 0.717) is 11.5 Å². The summed E-state index contributed by atoms with van der Waals surface area (Å²) in [5, 5.41) is 0. The molecule has 0 heterocycles. The van der Waals surface area contributed by atoms with Gasteiger partial charge >= 0.3 is 11.9 Å². The molecule has 1 aromatic rings. The predicted molar refractivity (Wildman–Crippen MR) is 87.6 cm³/mol. The Kier molecular flexibility index (Phi) is 8.80. The van der Waals surface area contributed by atoms with Crippen molar-refractivity contribution in [1.82, 2.24) is 0 Å². The normalized spacial score (nSPS) is 11.6. The Morgan fingerprint density at radius 1 is 1.04 bits per heavy atom. The largest absolute Gasteiger partial charge is 0.493 e. The van der Waals surface area contributed by atoms with Crippen LogP contribution in [0.2, 0.25) is 0 Å². The number of methoxy groups -OCH3 is 1. The second-order valence-corrected chi connectivity index (χ2v) is 5.42. The first-order chi connectivity index (χ1) is 11.1.